The quantitative estimate of drug-likeness (QED) is 0.645. The first-order chi connectivity index (χ1) is 9.11. The second-order valence-corrected chi connectivity index (χ2v) is 5.37. The Bertz CT molecular complexity index is 602. The van der Waals surface area contributed by atoms with Gasteiger partial charge in [0.2, 0.25) is 5.91 Å². The van der Waals surface area contributed by atoms with Crippen LogP contribution in [0.3, 0.4) is 0 Å². The van der Waals surface area contributed by atoms with Crippen LogP contribution in [0.1, 0.15) is 13.8 Å². The van der Waals surface area contributed by atoms with Crippen LogP contribution >= 0.6 is 11.8 Å². The number of nitrogens with two attached hydrogens (primary N) is 1. The van der Waals surface area contributed by atoms with Gasteiger partial charge in [-0.3, -0.25) is 4.79 Å². The van der Waals surface area contributed by atoms with Crippen LogP contribution in [0.4, 0.5) is 5.82 Å². The monoisotopic (exact) mass is 276 g/mol. The Kier molecular flexibility index (Phi) is 4.21. The van der Waals surface area contributed by atoms with E-state index in [1.165, 1.54) is 11.8 Å². The second kappa shape index (κ2) is 5.88. The fourth-order valence-corrected chi connectivity index (χ4v) is 2.35. The molecule has 0 aliphatic carbocycles. The largest absolute Gasteiger partial charge is 0.370 e. The van der Waals surface area contributed by atoms with E-state index in [9.17, 15) is 4.79 Å². The van der Waals surface area contributed by atoms with Gasteiger partial charge < -0.3 is 11.1 Å². The summed E-state index contributed by atoms with van der Waals surface area (Å²) in [6.07, 6.45) is 0. The molecule has 0 aliphatic rings. The fourth-order valence-electron chi connectivity index (χ4n) is 1.63. The molecule has 100 valence electrons. The van der Waals surface area contributed by atoms with Crippen LogP contribution in [0.15, 0.2) is 29.4 Å². The predicted octanol–water partition coefficient (Wildman–Crippen LogP) is 2.03. The normalized spacial score (nSPS) is 12.3. The van der Waals surface area contributed by atoms with Crippen LogP contribution in [0.2, 0.25) is 0 Å². The molecule has 1 heterocycles. The highest BCUT2D eigenvalue weighted by Gasteiger charge is 2.14. The highest BCUT2D eigenvalue weighted by Crippen LogP contribution is 2.26. The zero-order valence-corrected chi connectivity index (χ0v) is 11.7. The number of nitrogens with zero attached hydrogens (tertiary/aromatic N) is 2. The molecule has 2 aromatic rings. The number of para-hydroxylation sites is 1. The summed E-state index contributed by atoms with van der Waals surface area (Å²) in [7, 11) is 0. The molecule has 5 nitrogen and oxygen atoms in total. The second-order valence-electron chi connectivity index (χ2n) is 4.06. The van der Waals surface area contributed by atoms with Gasteiger partial charge in [-0.1, -0.05) is 23.9 Å². The Labute approximate surface area is 116 Å². The van der Waals surface area contributed by atoms with E-state index >= 15 is 0 Å². The van der Waals surface area contributed by atoms with Crippen molar-refractivity contribution in [2.45, 2.75) is 24.3 Å². The summed E-state index contributed by atoms with van der Waals surface area (Å²) in [4.78, 5) is 20.0. The van der Waals surface area contributed by atoms with Crippen LogP contribution < -0.4 is 11.1 Å². The number of anilines is 1. The van der Waals surface area contributed by atoms with Crippen molar-refractivity contribution < 1.29 is 4.79 Å². The molecule has 0 fully saturated rings. The van der Waals surface area contributed by atoms with Gasteiger partial charge >= 0.3 is 0 Å². The molecule has 1 atom stereocenters. The first-order valence-corrected chi connectivity index (χ1v) is 6.96. The highest BCUT2D eigenvalue weighted by molar-refractivity contribution is 8.00. The van der Waals surface area contributed by atoms with Crippen molar-refractivity contribution >= 4 is 34.4 Å². The number of thioether (sulfide) groups is 1. The van der Waals surface area contributed by atoms with Crippen molar-refractivity contribution in [3.63, 3.8) is 0 Å². The van der Waals surface area contributed by atoms with Gasteiger partial charge in [-0.15, -0.1) is 0 Å². The first-order valence-electron chi connectivity index (χ1n) is 6.08. The van der Waals surface area contributed by atoms with Crippen molar-refractivity contribution in [1.29, 1.82) is 0 Å². The van der Waals surface area contributed by atoms with Gasteiger partial charge in [-0.25, -0.2) is 9.97 Å². The lowest BCUT2D eigenvalue weighted by Gasteiger charge is -2.10. The number of fused-ring (bicyclic) bond motifs is 1. The minimum atomic E-state index is -0.369. The molecule has 3 N–H and O–H groups in total. The smallest absolute Gasteiger partial charge is 0.230 e. The topological polar surface area (TPSA) is 80.9 Å². The summed E-state index contributed by atoms with van der Waals surface area (Å²) in [5, 5.41) is 4.39. The summed E-state index contributed by atoms with van der Waals surface area (Å²) >= 11 is 1.27. The van der Waals surface area contributed by atoms with Gasteiger partial charge in [-0.2, -0.15) is 0 Å². The Morgan fingerprint density at radius 3 is 2.84 bits per heavy atom. The number of aromatic nitrogens is 2. The Morgan fingerprint density at radius 1 is 1.42 bits per heavy atom. The van der Waals surface area contributed by atoms with Crippen molar-refractivity contribution in [2.75, 3.05) is 11.9 Å². The SMILES string of the molecule is CCNc1nc(S[C@@H](C)C(N)=O)nc2ccccc12. The molecular weight excluding hydrogens is 260 g/mol. The van der Waals surface area contributed by atoms with Crippen LogP contribution in [-0.2, 0) is 4.79 Å². The summed E-state index contributed by atoms with van der Waals surface area (Å²) in [6, 6.07) is 7.78. The number of amides is 1. The van der Waals surface area contributed by atoms with E-state index in [2.05, 4.69) is 15.3 Å². The van der Waals surface area contributed by atoms with Gasteiger partial charge in [-0.05, 0) is 26.0 Å². The molecule has 19 heavy (non-hydrogen) atoms. The fraction of sp³-hybridized carbons (Fsp3) is 0.308. The number of carbonyl (C=O) groups excluding carboxylic acids is 1. The highest BCUT2D eigenvalue weighted by atomic mass is 32.2. The van der Waals surface area contributed by atoms with E-state index in [-0.39, 0.29) is 11.2 Å². The lowest BCUT2D eigenvalue weighted by Crippen LogP contribution is -2.22. The minimum Gasteiger partial charge on any atom is -0.370 e. The van der Waals surface area contributed by atoms with E-state index in [1.54, 1.807) is 6.92 Å². The Balaban J connectivity index is 2.42. The van der Waals surface area contributed by atoms with Crippen LogP contribution in [0, 0.1) is 0 Å². The molecule has 0 saturated carbocycles. The zero-order valence-electron chi connectivity index (χ0n) is 10.9. The lowest BCUT2D eigenvalue weighted by molar-refractivity contribution is -0.117. The van der Waals surface area contributed by atoms with Gasteiger partial charge in [0.05, 0.1) is 10.8 Å². The molecule has 0 unspecified atom stereocenters. The number of rotatable bonds is 5. The van der Waals surface area contributed by atoms with Gasteiger partial charge in [0.25, 0.3) is 0 Å². The molecule has 0 bridgehead atoms. The van der Waals surface area contributed by atoms with E-state index in [4.69, 9.17) is 5.73 Å². The number of carbonyl (C=O) groups is 1. The molecule has 1 aromatic carbocycles. The molecule has 1 aromatic heterocycles. The van der Waals surface area contributed by atoms with Gasteiger partial charge in [0.15, 0.2) is 5.16 Å². The number of primary amides is 1. The zero-order chi connectivity index (χ0) is 13.8. The summed E-state index contributed by atoms with van der Waals surface area (Å²) < 4.78 is 0. The molecule has 0 radical (unpaired) electrons. The standard InChI is InChI=1S/C13H16N4OS/c1-3-15-12-9-6-4-5-7-10(9)16-13(17-12)19-8(2)11(14)18/h4-8H,3H2,1-2H3,(H2,14,18)(H,15,16,17)/t8-/m0/s1. The summed E-state index contributed by atoms with van der Waals surface area (Å²) in [5.41, 5.74) is 6.12. The average Bonchev–Trinajstić information content (AvgIpc) is 2.39. The van der Waals surface area contributed by atoms with E-state index in [1.807, 2.05) is 31.2 Å². The van der Waals surface area contributed by atoms with Crippen LogP contribution in [0.25, 0.3) is 10.9 Å². The molecule has 6 heteroatoms. The van der Waals surface area contributed by atoms with Crippen molar-refractivity contribution in [3.05, 3.63) is 24.3 Å². The molecule has 1 amide bonds. The maximum atomic E-state index is 11.1. The van der Waals surface area contributed by atoms with Crippen molar-refractivity contribution in [3.8, 4) is 0 Å². The first kappa shape index (κ1) is 13.6. The number of benzene rings is 1. The van der Waals surface area contributed by atoms with Crippen molar-refractivity contribution in [1.82, 2.24) is 9.97 Å². The molecule has 0 aliphatic heterocycles. The Hall–Kier alpha value is -1.82. The average molecular weight is 276 g/mol. The molecule has 0 spiro atoms. The van der Waals surface area contributed by atoms with Crippen LogP contribution in [-0.4, -0.2) is 27.7 Å². The third kappa shape index (κ3) is 3.14. The summed E-state index contributed by atoms with van der Waals surface area (Å²) in [5.74, 6) is 0.416. The van der Waals surface area contributed by atoms with E-state index < -0.39 is 0 Å². The van der Waals surface area contributed by atoms with Crippen molar-refractivity contribution in [2.24, 2.45) is 5.73 Å². The minimum absolute atomic E-state index is 0.351. The third-order valence-electron chi connectivity index (χ3n) is 2.61. The van der Waals surface area contributed by atoms with Crippen LogP contribution in [0.5, 0.6) is 0 Å². The molecule has 0 saturated heterocycles. The number of nitrogens with one attached hydrogen (secondary N) is 1. The van der Waals surface area contributed by atoms with Gasteiger partial charge in [0, 0.05) is 11.9 Å². The Morgan fingerprint density at radius 2 is 2.16 bits per heavy atom. The maximum Gasteiger partial charge on any atom is 0.230 e. The molecule has 2 rings (SSSR count). The number of hydrogen-bond acceptors (Lipinski definition) is 5. The number of hydrogen-bond donors (Lipinski definition) is 2. The maximum absolute atomic E-state index is 11.1. The molecular formula is C13H16N4OS. The summed E-state index contributed by atoms with van der Waals surface area (Å²) in [6.45, 7) is 4.53. The lowest BCUT2D eigenvalue weighted by atomic mass is 10.2. The predicted molar refractivity (Wildman–Crippen MR) is 78.2 cm³/mol. The van der Waals surface area contributed by atoms with E-state index in [0.29, 0.717) is 5.16 Å². The van der Waals surface area contributed by atoms with Gasteiger partial charge in [0.1, 0.15) is 5.82 Å². The van der Waals surface area contributed by atoms with E-state index in [0.717, 1.165) is 23.3 Å². The third-order valence-corrected chi connectivity index (χ3v) is 3.59.